The SMILES string of the molecule is [C-]#[N+]c1ccc(-c2cc(-c3nc(-c4ccccc4)nc(-c4ccccc4)n3)cc(-c3ccc(C#N)cc3)c2-n2c3ccccc3c3c2ccc2c4ccccc4n(-c4ccccc4)c23)cc1. The second kappa shape index (κ2) is 15.7. The Morgan fingerprint density at radius 3 is 1.50 bits per heavy atom. The summed E-state index contributed by atoms with van der Waals surface area (Å²) in [5.41, 5.74) is 13.7. The third kappa shape index (κ3) is 6.31. The van der Waals surface area contributed by atoms with Crippen molar-refractivity contribution in [3.63, 3.8) is 0 Å². The van der Waals surface area contributed by atoms with Crippen LogP contribution in [-0.4, -0.2) is 24.1 Å². The predicted octanol–water partition coefficient (Wildman–Crippen LogP) is 14.8. The fourth-order valence-corrected chi connectivity index (χ4v) is 9.42. The number of para-hydroxylation sites is 3. The molecule has 0 atom stereocenters. The normalized spacial score (nSPS) is 11.3. The van der Waals surface area contributed by atoms with E-state index in [1.807, 2.05) is 109 Å². The second-order valence-electron chi connectivity index (χ2n) is 16.2. The van der Waals surface area contributed by atoms with Gasteiger partial charge in [0.25, 0.3) is 0 Å². The molecule has 0 radical (unpaired) electrons. The van der Waals surface area contributed by atoms with Crippen molar-refractivity contribution in [2.75, 3.05) is 0 Å². The van der Waals surface area contributed by atoms with Gasteiger partial charge < -0.3 is 9.13 Å². The number of rotatable bonds is 7. The van der Waals surface area contributed by atoms with Crippen molar-refractivity contribution in [2.24, 2.45) is 0 Å². The molecule has 9 aromatic carbocycles. The molecule has 3 aromatic heterocycles. The Morgan fingerprint density at radius 2 is 0.924 bits per heavy atom. The number of aromatic nitrogens is 5. The average molecular weight is 842 g/mol. The highest BCUT2D eigenvalue weighted by atomic mass is 15.0. The van der Waals surface area contributed by atoms with Gasteiger partial charge in [-0.1, -0.05) is 158 Å². The Labute approximate surface area is 380 Å². The highest BCUT2D eigenvalue weighted by molar-refractivity contribution is 6.26. The van der Waals surface area contributed by atoms with Crippen LogP contribution in [0.3, 0.4) is 0 Å². The number of hydrogen-bond acceptors (Lipinski definition) is 4. The van der Waals surface area contributed by atoms with E-state index in [9.17, 15) is 5.26 Å². The van der Waals surface area contributed by atoms with Crippen LogP contribution >= 0.6 is 0 Å². The van der Waals surface area contributed by atoms with E-state index in [0.717, 1.165) is 83.2 Å². The van der Waals surface area contributed by atoms with Gasteiger partial charge in [-0.2, -0.15) is 5.26 Å². The minimum atomic E-state index is 0.513. The minimum Gasteiger partial charge on any atom is -0.309 e. The summed E-state index contributed by atoms with van der Waals surface area (Å²) in [6.45, 7) is 7.82. The molecule has 0 saturated heterocycles. The molecule has 7 heteroatoms. The molecule has 66 heavy (non-hydrogen) atoms. The smallest absolute Gasteiger partial charge is 0.187 e. The topological polar surface area (TPSA) is 76.7 Å². The summed E-state index contributed by atoms with van der Waals surface area (Å²) < 4.78 is 4.79. The van der Waals surface area contributed by atoms with Gasteiger partial charge in [-0.25, -0.2) is 19.8 Å². The molecule has 7 nitrogen and oxygen atoms in total. The van der Waals surface area contributed by atoms with Crippen LogP contribution in [0.25, 0.3) is 116 Å². The zero-order chi connectivity index (χ0) is 44.1. The highest BCUT2D eigenvalue weighted by Gasteiger charge is 2.26. The molecule has 3 heterocycles. The fraction of sp³-hybridized carbons (Fsp3) is 0. The van der Waals surface area contributed by atoms with Gasteiger partial charge in [0.1, 0.15) is 0 Å². The Balaban J connectivity index is 1.23. The van der Waals surface area contributed by atoms with Crippen molar-refractivity contribution in [1.29, 1.82) is 5.26 Å². The van der Waals surface area contributed by atoms with Crippen LogP contribution in [-0.2, 0) is 0 Å². The maximum absolute atomic E-state index is 9.95. The molecule has 0 N–H and O–H groups in total. The summed E-state index contributed by atoms with van der Waals surface area (Å²) >= 11 is 0. The van der Waals surface area contributed by atoms with E-state index in [4.69, 9.17) is 21.5 Å². The van der Waals surface area contributed by atoms with Crippen molar-refractivity contribution in [3.05, 3.63) is 229 Å². The molecule has 12 aromatic rings. The van der Waals surface area contributed by atoms with E-state index in [-0.39, 0.29) is 0 Å². The quantitative estimate of drug-likeness (QED) is 0.150. The van der Waals surface area contributed by atoms with Crippen LogP contribution in [0.5, 0.6) is 0 Å². The number of fused-ring (bicyclic) bond motifs is 7. The van der Waals surface area contributed by atoms with E-state index in [0.29, 0.717) is 28.7 Å². The zero-order valence-electron chi connectivity index (χ0n) is 35.3. The standard InChI is InChI=1S/C59H35N7/c1-61-44-31-29-40(30-32-44)50-36-43(59-63-57(41-15-5-2-6-16-41)62-58(64-59)42-17-7-3-8-18-42)35-49(39-27-25-38(37-60)26-28-39)55(50)66-52-24-14-12-22-48(52)54-53(66)34-33-47-46-21-11-13-23-51(46)65(56(47)54)45-19-9-4-10-20-45/h2-36H. The molecule has 12 rings (SSSR count). The van der Waals surface area contributed by atoms with Gasteiger partial charge >= 0.3 is 0 Å². The summed E-state index contributed by atoms with van der Waals surface area (Å²) in [6.07, 6.45) is 0. The minimum absolute atomic E-state index is 0.513. The Kier molecular flexibility index (Phi) is 9.12. The van der Waals surface area contributed by atoms with Gasteiger partial charge in [-0.3, -0.25) is 0 Å². The van der Waals surface area contributed by atoms with Gasteiger partial charge in [-0.15, -0.1) is 0 Å². The van der Waals surface area contributed by atoms with Crippen LogP contribution in [0.4, 0.5) is 5.69 Å². The van der Waals surface area contributed by atoms with Crippen molar-refractivity contribution < 1.29 is 0 Å². The zero-order valence-corrected chi connectivity index (χ0v) is 35.3. The van der Waals surface area contributed by atoms with E-state index in [2.05, 4.69) is 123 Å². The number of nitrogens with zero attached hydrogens (tertiary/aromatic N) is 7. The van der Waals surface area contributed by atoms with E-state index < -0.39 is 0 Å². The molecule has 306 valence electrons. The summed E-state index contributed by atoms with van der Waals surface area (Å²) in [6, 6.07) is 74.6. The van der Waals surface area contributed by atoms with E-state index in [1.165, 1.54) is 10.8 Å². The second-order valence-corrected chi connectivity index (χ2v) is 16.2. The largest absolute Gasteiger partial charge is 0.309 e. The molecule has 0 unspecified atom stereocenters. The highest BCUT2D eigenvalue weighted by Crippen LogP contribution is 2.47. The molecule has 0 amide bonds. The molecular weight excluding hydrogens is 807 g/mol. The Hall–Kier alpha value is -9.43. The first-order chi connectivity index (χ1) is 32.6. The van der Waals surface area contributed by atoms with Crippen LogP contribution < -0.4 is 0 Å². The Bertz CT molecular complexity index is 3780. The summed E-state index contributed by atoms with van der Waals surface area (Å²) in [5, 5.41) is 14.5. The first-order valence-corrected chi connectivity index (χ1v) is 21.7. The van der Waals surface area contributed by atoms with Gasteiger partial charge in [0.05, 0.1) is 46.0 Å². The Morgan fingerprint density at radius 1 is 0.424 bits per heavy atom. The number of nitriles is 1. The summed E-state index contributed by atoms with van der Waals surface area (Å²) in [4.78, 5) is 19.1. The third-order valence-corrected chi connectivity index (χ3v) is 12.4. The molecule has 0 fully saturated rings. The molecular formula is C59H35N7. The van der Waals surface area contributed by atoms with E-state index >= 15 is 0 Å². The molecule has 0 aliphatic rings. The average Bonchev–Trinajstić information content (AvgIpc) is 3.92. The van der Waals surface area contributed by atoms with Crippen LogP contribution in [0.1, 0.15) is 5.56 Å². The van der Waals surface area contributed by atoms with Crippen LogP contribution in [0, 0.1) is 17.9 Å². The van der Waals surface area contributed by atoms with Crippen molar-refractivity contribution in [3.8, 4) is 73.9 Å². The monoisotopic (exact) mass is 841 g/mol. The molecule has 0 aliphatic heterocycles. The summed E-state index contributed by atoms with van der Waals surface area (Å²) in [5.74, 6) is 1.64. The molecule has 0 bridgehead atoms. The lowest BCUT2D eigenvalue weighted by Gasteiger charge is -2.21. The maximum Gasteiger partial charge on any atom is 0.187 e. The van der Waals surface area contributed by atoms with Crippen LogP contribution in [0.2, 0.25) is 0 Å². The van der Waals surface area contributed by atoms with E-state index in [1.54, 1.807) is 0 Å². The molecule has 0 saturated carbocycles. The van der Waals surface area contributed by atoms with Crippen molar-refractivity contribution in [2.45, 2.75) is 0 Å². The summed E-state index contributed by atoms with van der Waals surface area (Å²) in [7, 11) is 0. The lowest BCUT2D eigenvalue weighted by Crippen LogP contribution is -2.04. The van der Waals surface area contributed by atoms with Crippen molar-refractivity contribution in [1.82, 2.24) is 24.1 Å². The first kappa shape index (κ1) is 38.3. The van der Waals surface area contributed by atoms with Gasteiger partial charge in [-0.05, 0) is 65.7 Å². The lowest BCUT2D eigenvalue weighted by molar-refractivity contribution is 1.07. The van der Waals surface area contributed by atoms with Gasteiger partial charge in [0, 0.05) is 55.0 Å². The lowest BCUT2D eigenvalue weighted by atomic mass is 9.92. The predicted molar refractivity (Wildman–Crippen MR) is 267 cm³/mol. The number of benzene rings is 9. The number of hydrogen-bond donors (Lipinski definition) is 0. The first-order valence-electron chi connectivity index (χ1n) is 21.7. The van der Waals surface area contributed by atoms with Crippen LogP contribution in [0.15, 0.2) is 212 Å². The van der Waals surface area contributed by atoms with Crippen molar-refractivity contribution >= 4 is 49.3 Å². The fourth-order valence-electron chi connectivity index (χ4n) is 9.42. The maximum atomic E-state index is 9.95. The van der Waals surface area contributed by atoms with Gasteiger partial charge in [0.2, 0.25) is 0 Å². The third-order valence-electron chi connectivity index (χ3n) is 12.4. The molecule has 0 aliphatic carbocycles. The molecule has 0 spiro atoms. The van der Waals surface area contributed by atoms with Gasteiger partial charge in [0.15, 0.2) is 23.2 Å².